The molecule has 0 fully saturated rings. The fourth-order valence-corrected chi connectivity index (χ4v) is 2.86. The van der Waals surface area contributed by atoms with Crippen LogP contribution in [0.5, 0.6) is 0 Å². The van der Waals surface area contributed by atoms with Crippen LogP contribution in [0.1, 0.15) is 16.8 Å². The molecule has 1 unspecified atom stereocenters. The monoisotopic (exact) mass is 354 g/mol. The molecule has 0 aliphatic carbocycles. The van der Waals surface area contributed by atoms with Gasteiger partial charge >= 0.3 is 5.97 Å². The van der Waals surface area contributed by atoms with E-state index in [4.69, 9.17) is 5.11 Å². The van der Waals surface area contributed by atoms with Crippen molar-refractivity contribution in [1.29, 1.82) is 0 Å². The van der Waals surface area contributed by atoms with Gasteiger partial charge in [-0.15, -0.1) is 0 Å². The number of carbonyl (C=O) groups is 1. The quantitative estimate of drug-likeness (QED) is 0.668. The Labute approximate surface area is 98.6 Å². The molecule has 70 valence electrons. The molecule has 0 saturated carbocycles. The molecule has 0 spiro atoms. The van der Waals surface area contributed by atoms with Gasteiger partial charge in [0, 0.05) is 3.57 Å². The van der Waals surface area contributed by atoms with E-state index in [1.54, 1.807) is 0 Å². The summed E-state index contributed by atoms with van der Waals surface area (Å²) < 4.78 is 1.09. The third kappa shape index (κ3) is 3.27. The SMILES string of the molecule is O=C(O)CC(Br)c1ccccc1I. The van der Waals surface area contributed by atoms with E-state index in [9.17, 15) is 4.79 Å². The van der Waals surface area contributed by atoms with Gasteiger partial charge in [0.2, 0.25) is 0 Å². The first-order chi connectivity index (χ1) is 6.11. The number of alkyl halides is 1. The Bertz CT molecular complexity index is 314. The van der Waals surface area contributed by atoms with Crippen LogP contribution in [0.15, 0.2) is 24.3 Å². The zero-order valence-electron chi connectivity index (χ0n) is 6.71. The number of benzene rings is 1. The minimum absolute atomic E-state index is 0.0990. The fourth-order valence-electron chi connectivity index (χ4n) is 0.992. The number of rotatable bonds is 3. The summed E-state index contributed by atoms with van der Waals surface area (Å²) in [5, 5.41) is 8.60. The van der Waals surface area contributed by atoms with E-state index in [1.807, 2.05) is 24.3 Å². The first-order valence-corrected chi connectivity index (χ1v) is 5.71. The molecule has 0 heterocycles. The summed E-state index contributed by atoms with van der Waals surface area (Å²) in [6.45, 7) is 0. The van der Waals surface area contributed by atoms with Gasteiger partial charge in [-0.25, -0.2) is 0 Å². The van der Waals surface area contributed by atoms with Gasteiger partial charge in [0.25, 0.3) is 0 Å². The molecule has 1 N–H and O–H groups in total. The maximum Gasteiger partial charge on any atom is 0.304 e. The molecular formula is C9H8BrIO2. The van der Waals surface area contributed by atoms with Crippen molar-refractivity contribution in [3.63, 3.8) is 0 Å². The molecule has 1 aromatic carbocycles. The number of hydrogen-bond acceptors (Lipinski definition) is 1. The average molecular weight is 355 g/mol. The zero-order chi connectivity index (χ0) is 9.84. The molecule has 0 saturated heterocycles. The van der Waals surface area contributed by atoms with Crippen LogP contribution in [0.25, 0.3) is 0 Å². The van der Waals surface area contributed by atoms with Crippen molar-refractivity contribution >= 4 is 44.5 Å². The minimum atomic E-state index is -0.790. The fraction of sp³-hybridized carbons (Fsp3) is 0.222. The Kier molecular flexibility index (Phi) is 4.18. The number of aliphatic carboxylic acids is 1. The Hall–Kier alpha value is -0.100. The molecule has 0 aliphatic rings. The van der Waals surface area contributed by atoms with Gasteiger partial charge in [0.1, 0.15) is 0 Å². The van der Waals surface area contributed by atoms with Crippen molar-refractivity contribution in [2.24, 2.45) is 0 Å². The highest BCUT2D eigenvalue weighted by molar-refractivity contribution is 14.1. The van der Waals surface area contributed by atoms with Crippen molar-refractivity contribution in [3.05, 3.63) is 33.4 Å². The molecule has 13 heavy (non-hydrogen) atoms. The third-order valence-corrected chi connectivity index (χ3v) is 3.40. The molecule has 1 atom stereocenters. The topological polar surface area (TPSA) is 37.3 Å². The lowest BCUT2D eigenvalue weighted by Gasteiger charge is -2.08. The molecule has 0 radical (unpaired) electrons. The lowest BCUT2D eigenvalue weighted by atomic mass is 10.1. The van der Waals surface area contributed by atoms with E-state index in [2.05, 4.69) is 38.5 Å². The van der Waals surface area contributed by atoms with E-state index in [0.29, 0.717) is 0 Å². The summed E-state index contributed by atoms with van der Waals surface area (Å²) in [5.74, 6) is -0.790. The Morgan fingerprint density at radius 1 is 1.54 bits per heavy atom. The van der Waals surface area contributed by atoms with Crippen molar-refractivity contribution in [2.45, 2.75) is 11.2 Å². The second kappa shape index (κ2) is 4.95. The lowest BCUT2D eigenvalue weighted by Crippen LogP contribution is -2.01. The van der Waals surface area contributed by atoms with E-state index < -0.39 is 5.97 Å². The predicted molar refractivity (Wildman–Crippen MR) is 63.1 cm³/mol. The first-order valence-electron chi connectivity index (χ1n) is 3.71. The van der Waals surface area contributed by atoms with Gasteiger partial charge in [-0.3, -0.25) is 4.79 Å². The van der Waals surface area contributed by atoms with Crippen LogP contribution >= 0.6 is 38.5 Å². The van der Waals surface area contributed by atoms with E-state index in [1.165, 1.54) is 0 Å². The van der Waals surface area contributed by atoms with Gasteiger partial charge in [-0.2, -0.15) is 0 Å². The first kappa shape index (κ1) is 11.0. The van der Waals surface area contributed by atoms with Crippen LogP contribution in [0.2, 0.25) is 0 Å². The van der Waals surface area contributed by atoms with Crippen LogP contribution < -0.4 is 0 Å². The molecule has 0 bridgehead atoms. The van der Waals surface area contributed by atoms with Crippen molar-refractivity contribution in [3.8, 4) is 0 Å². The van der Waals surface area contributed by atoms with E-state index in [-0.39, 0.29) is 11.2 Å². The Morgan fingerprint density at radius 3 is 2.69 bits per heavy atom. The maximum atomic E-state index is 10.5. The summed E-state index contributed by atoms with van der Waals surface area (Å²) in [7, 11) is 0. The molecule has 2 nitrogen and oxygen atoms in total. The highest BCUT2D eigenvalue weighted by Gasteiger charge is 2.13. The van der Waals surface area contributed by atoms with E-state index in [0.717, 1.165) is 9.13 Å². The smallest absolute Gasteiger partial charge is 0.304 e. The summed E-state index contributed by atoms with van der Waals surface area (Å²) in [4.78, 5) is 10.4. The van der Waals surface area contributed by atoms with Crippen molar-refractivity contribution in [2.75, 3.05) is 0 Å². The Morgan fingerprint density at radius 2 is 2.15 bits per heavy atom. The summed E-state index contributed by atoms with van der Waals surface area (Å²) >= 11 is 5.55. The van der Waals surface area contributed by atoms with Gasteiger partial charge in [0.15, 0.2) is 0 Å². The predicted octanol–water partition coefficient (Wildman–Crippen LogP) is 3.20. The lowest BCUT2D eigenvalue weighted by molar-refractivity contribution is -0.136. The molecular weight excluding hydrogens is 347 g/mol. The van der Waals surface area contributed by atoms with Crippen LogP contribution in [-0.4, -0.2) is 11.1 Å². The van der Waals surface area contributed by atoms with Gasteiger partial charge < -0.3 is 5.11 Å². The summed E-state index contributed by atoms with van der Waals surface area (Å²) in [6, 6.07) is 7.75. The summed E-state index contributed by atoms with van der Waals surface area (Å²) in [6.07, 6.45) is 0.111. The molecule has 0 aliphatic heterocycles. The largest absolute Gasteiger partial charge is 0.481 e. The standard InChI is InChI=1S/C9H8BrIO2/c10-7(5-9(12)13)6-3-1-2-4-8(6)11/h1-4,7H,5H2,(H,12,13). The highest BCUT2D eigenvalue weighted by Crippen LogP contribution is 2.29. The maximum absolute atomic E-state index is 10.5. The molecule has 1 aromatic rings. The highest BCUT2D eigenvalue weighted by atomic mass is 127. The number of halogens is 2. The average Bonchev–Trinajstić information content (AvgIpc) is 2.03. The van der Waals surface area contributed by atoms with Crippen LogP contribution in [0.4, 0.5) is 0 Å². The van der Waals surface area contributed by atoms with Crippen LogP contribution in [0.3, 0.4) is 0 Å². The normalized spacial score (nSPS) is 12.5. The number of carboxylic acid groups (broad SMARTS) is 1. The number of hydrogen-bond donors (Lipinski definition) is 1. The summed E-state index contributed by atoms with van der Waals surface area (Å²) in [5.41, 5.74) is 1.03. The molecule has 0 aromatic heterocycles. The minimum Gasteiger partial charge on any atom is -0.481 e. The van der Waals surface area contributed by atoms with Gasteiger partial charge in [0.05, 0.1) is 11.2 Å². The molecule has 4 heteroatoms. The van der Waals surface area contributed by atoms with Gasteiger partial charge in [-0.05, 0) is 34.2 Å². The van der Waals surface area contributed by atoms with Crippen molar-refractivity contribution < 1.29 is 9.90 Å². The third-order valence-electron chi connectivity index (χ3n) is 1.60. The number of carboxylic acids is 1. The molecule has 1 rings (SSSR count). The van der Waals surface area contributed by atoms with Crippen molar-refractivity contribution in [1.82, 2.24) is 0 Å². The van der Waals surface area contributed by atoms with Crippen LogP contribution in [-0.2, 0) is 4.79 Å². The zero-order valence-corrected chi connectivity index (χ0v) is 10.4. The second-order valence-electron chi connectivity index (χ2n) is 2.59. The van der Waals surface area contributed by atoms with Gasteiger partial charge in [-0.1, -0.05) is 34.1 Å². The Balaban J connectivity index is 2.82. The molecule has 0 amide bonds. The van der Waals surface area contributed by atoms with E-state index >= 15 is 0 Å². The van der Waals surface area contributed by atoms with Crippen LogP contribution in [0, 0.1) is 3.57 Å². The second-order valence-corrected chi connectivity index (χ2v) is 4.85.